The molecular weight excluding hydrogens is 439 g/mol. The van der Waals surface area contributed by atoms with Gasteiger partial charge in [0.05, 0.1) is 7.11 Å². The lowest BCUT2D eigenvalue weighted by molar-refractivity contribution is 0.180. The van der Waals surface area contributed by atoms with Gasteiger partial charge in [-0.05, 0) is 68.8 Å². The van der Waals surface area contributed by atoms with E-state index in [0.29, 0.717) is 5.92 Å². The van der Waals surface area contributed by atoms with Crippen LogP contribution in [0, 0.1) is 5.92 Å². The summed E-state index contributed by atoms with van der Waals surface area (Å²) in [5, 5.41) is 0. The number of aliphatic imine (C=N–C) groups is 1. The summed E-state index contributed by atoms with van der Waals surface area (Å²) in [5.74, 6) is 2.36. The summed E-state index contributed by atoms with van der Waals surface area (Å²) in [6.45, 7) is 6.37. The first-order valence-corrected chi connectivity index (χ1v) is 9.65. The summed E-state index contributed by atoms with van der Waals surface area (Å²) >= 11 is 0. The largest absolute Gasteiger partial charge is 0.497 e. The lowest BCUT2D eigenvalue weighted by atomic mass is 9.96. The van der Waals surface area contributed by atoms with Gasteiger partial charge < -0.3 is 15.4 Å². The molecule has 2 fully saturated rings. The first-order chi connectivity index (χ1) is 12.2. The van der Waals surface area contributed by atoms with E-state index in [9.17, 15) is 0 Å². The molecule has 0 unspecified atom stereocenters. The highest BCUT2D eigenvalue weighted by Crippen LogP contribution is 2.20. The van der Waals surface area contributed by atoms with Crippen LogP contribution in [0.4, 0.5) is 0 Å². The Hall–Kier alpha value is -1.02. The predicted octanol–water partition coefficient (Wildman–Crippen LogP) is 3.33. The Labute approximate surface area is 175 Å². The van der Waals surface area contributed by atoms with Gasteiger partial charge >= 0.3 is 0 Å². The number of halogens is 1. The van der Waals surface area contributed by atoms with E-state index in [1.54, 1.807) is 7.11 Å². The molecule has 0 radical (unpaired) electrons. The van der Waals surface area contributed by atoms with Crippen molar-refractivity contribution in [2.45, 2.75) is 38.6 Å². The highest BCUT2D eigenvalue weighted by atomic mass is 127. The summed E-state index contributed by atoms with van der Waals surface area (Å²) in [6, 6.07) is 8.41. The zero-order chi connectivity index (χ0) is 17.5. The third-order valence-electron chi connectivity index (χ3n) is 5.46. The molecule has 0 bridgehead atoms. The summed E-state index contributed by atoms with van der Waals surface area (Å²) in [6.07, 6.45) is 6.26. The molecule has 2 saturated heterocycles. The van der Waals surface area contributed by atoms with Crippen molar-refractivity contribution in [1.82, 2.24) is 9.80 Å². The third kappa shape index (κ3) is 6.30. The Morgan fingerprint density at radius 2 is 1.73 bits per heavy atom. The molecule has 6 heteroatoms. The molecule has 0 amide bonds. The molecule has 2 heterocycles. The Bertz CT molecular complexity index is 549. The van der Waals surface area contributed by atoms with Crippen molar-refractivity contribution in [3.63, 3.8) is 0 Å². The first-order valence-electron chi connectivity index (χ1n) is 9.65. The minimum Gasteiger partial charge on any atom is -0.497 e. The average Bonchev–Trinajstić information content (AvgIpc) is 2.68. The summed E-state index contributed by atoms with van der Waals surface area (Å²) < 4.78 is 5.22. The van der Waals surface area contributed by atoms with Crippen molar-refractivity contribution >= 4 is 29.9 Å². The third-order valence-corrected chi connectivity index (χ3v) is 5.46. The maximum absolute atomic E-state index is 6.17. The highest BCUT2D eigenvalue weighted by molar-refractivity contribution is 14.0. The van der Waals surface area contributed by atoms with Gasteiger partial charge in [-0.1, -0.05) is 12.1 Å². The van der Waals surface area contributed by atoms with E-state index >= 15 is 0 Å². The minimum atomic E-state index is 0. The van der Waals surface area contributed by atoms with Crippen LogP contribution in [0.5, 0.6) is 5.75 Å². The Kier molecular flexibility index (Phi) is 8.98. The molecule has 26 heavy (non-hydrogen) atoms. The van der Waals surface area contributed by atoms with Gasteiger partial charge in [0.25, 0.3) is 0 Å². The van der Waals surface area contributed by atoms with Crippen LogP contribution < -0.4 is 10.5 Å². The molecule has 0 aromatic heterocycles. The number of benzene rings is 1. The van der Waals surface area contributed by atoms with Gasteiger partial charge in [-0.15, -0.1) is 24.0 Å². The zero-order valence-corrected chi connectivity index (χ0v) is 18.2. The van der Waals surface area contributed by atoms with Gasteiger partial charge in [0.1, 0.15) is 5.75 Å². The second-order valence-corrected chi connectivity index (χ2v) is 7.31. The van der Waals surface area contributed by atoms with Crippen molar-refractivity contribution in [1.29, 1.82) is 0 Å². The van der Waals surface area contributed by atoms with Crippen molar-refractivity contribution < 1.29 is 4.74 Å². The summed E-state index contributed by atoms with van der Waals surface area (Å²) in [4.78, 5) is 9.48. The van der Waals surface area contributed by atoms with Crippen LogP contribution in [0.1, 0.15) is 37.7 Å². The van der Waals surface area contributed by atoms with E-state index in [0.717, 1.165) is 51.0 Å². The van der Waals surface area contributed by atoms with Crippen LogP contribution >= 0.6 is 24.0 Å². The quantitative estimate of drug-likeness (QED) is 0.406. The maximum Gasteiger partial charge on any atom is 0.191 e. The molecule has 5 nitrogen and oxygen atoms in total. The number of nitrogens with two attached hydrogens (primary N) is 1. The number of rotatable bonds is 5. The van der Waals surface area contributed by atoms with Crippen LogP contribution in [0.3, 0.4) is 0 Å². The Balaban J connectivity index is 0.00000243. The molecule has 2 aliphatic rings. The molecule has 0 atom stereocenters. The van der Waals surface area contributed by atoms with Crippen molar-refractivity contribution in [3.05, 3.63) is 29.8 Å². The second-order valence-electron chi connectivity index (χ2n) is 7.31. The topological polar surface area (TPSA) is 54.1 Å². The van der Waals surface area contributed by atoms with Gasteiger partial charge in [-0.25, -0.2) is 0 Å². The number of ether oxygens (including phenoxy) is 1. The molecule has 1 aromatic rings. The first kappa shape index (κ1) is 21.3. The van der Waals surface area contributed by atoms with E-state index in [4.69, 9.17) is 10.5 Å². The number of hydrogen-bond donors (Lipinski definition) is 1. The molecule has 0 spiro atoms. The summed E-state index contributed by atoms with van der Waals surface area (Å²) in [7, 11) is 1.71. The van der Waals surface area contributed by atoms with Crippen molar-refractivity contribution in [2.75, 3.05) is 39.8 Å². The van der Waals surface area contributed by atoms with E-state index in [-0.39, 0.29) is 24.0 Å². The number of hydrogen-bond acceptors (Lipinski definition) is 3. The van der Waals surface area contributed by atoms with Crippen LogP contribution in [0.15, 0.2) is 29.3 Å². The van der Waals surface area contributed by atoms with Crippen LogP contribution in [-0.2, 0) is 6.54 Å². The van der Waals surface area contributed by atoms with Gasteiger partial charge in [0, 0.05) is 26.2 Å². The van der Waals surface area contributed by atoms with Crippen LogP contribution in [-0.4, -0.2) is 55.6 Å². The lowest BCUT2D eigenvalue weighted by Crippen LogP contribution is -2.41. The van der Waals surface area contributed by atoms with E-state index in [2.05, 4.69) is 26.9 Å². The fraction of sp³-hybridized carbons (Fsp3) is 0.650. The summed E-state index contributed by atoms with van der Waals surface area (Å²) in [5.41, 5.74) is 7.53. The zero-order valence-electron chi connectivity index (χ0n) is 15.9. The van der Waals surface area contributed by atoms with Gasteiger partial charge in [0.2, 0.25) is 0 Å². The highest BCUT2D eigenvalue weighted by Gasteiger charge is 2.20. The lowest BCUT2D eigenvalue weighted by Gasteiger charge is -2.32. The number of piperidine rings is 2. The van der Waals surface area contributed by atoms with Crippen molar-refractivity contribution in [3.8, 4) is 5.75 Å². The molecule has 1 aromatic carbocycles. The fourth-order valence-electron chi connectivity index (χ4n) is 3.76. The predicted molar refractivity (Wildman–Crippen MR) is 118 cm³/mol. The SMILES string of the molecule is COc1ccc(CN2CCC(CN=C(N)N3CCCCC3)CC2)cc1.I. The average molecular weight is 472 g/mol. The fourth-order valence-corrected chi connectivity index (χ4v) is 3.76. The minimum absolute atomic E-state index is 0. The Morgan fingerprint density at radius 3 is 2.35 bits per heavy atom. The molecule has 0 saturated carbocycles. The van der Waals surface area contributed by atoms with E-state index < -0.39 is 0 Å². The van der Waals surface area contributed by atoms with Crippen LogP contribution in [0.25, 0.3) is 0 Å². The molecule has 3 rings (SSSR count). The normalized spacial score (nSPS) is 19.9. The molecule has 146 valence electrons. The van der Waals surface area contributed by atoms with Gasteiger partial charge in [0.15, 0.2) is 5.96 Å². The number of likely N-dealkylation sites (tertiary alicyclic amines) is 2. The molecular formula is C20H33IN4O. The molecule has 2 N–H and O–H groups in total. The maximum atomic E-state index is 6.17. The van der Waals surface area contributed by atoms with Gasteiger partial charge in [-0.3, -0.25) is 9.89 Å². The second kappa shape index (κ2) is 11.0. The van der Waals surface area contributed by atoms with Gasteiger partial charge in [-0.2, -0.15) is 0 Å². The number of nitrogens with zero attached hydrogens (tertiary/aromatic N) is 3. The molecule has 0 aliphatic carbocycles. The number of methoxy groups -OCH3 is 1. The van der Waals surface area contributed by atoms with E-state index in [1.807, 2.05) is 12.1 Å². The van der Waals surface area contributed by atoms with E-state index in [1.165, 1.54) is 37.7 Å². The smallest absolute Gasteiger partial charge is 0.191 e. The molecule has 2 aliphatic heterocycles. The van der Waals surface area contributed by atoms with Crippen molar-refractivity contribution in [2.24, 2.45) is 16.6 Å². The monoisotopic (exact) mass is 472 g/mol. The Morgan fingerprint density at radius 1 is 1.08 bits per heavy atom. The standard InChI is InChI=1S/C20H32N4O.HI/c1-25-19-7-5-18(6-8-19)16-23-13-9-17(10-14-23)15-22-20(21)24-11-3-2-4-12-24;/h5-8,17H,2-4,9-16H2,1H3,(H2,21,22);1H. The van der Waals surface area contributed by atoms with Crippen LogP contribution in [0.2, 0.25) is 0 Å². The number of guanidine groups is 1.